The third-order valence-electron chi connectivity index (χ3n) is 5.56. The molecule has 9 nitrogen and oxygen atoms in total. The zero-order valence-electron chi connectivity index (χ0n) is 17.7. The molecule has 1 amide bonds. The fraction of sp³-hybridized carbons (Fsp3) is 0.217. The summed E-state index contributed by atoms with van der Waals surface area (Å²) in [5.41, 5.74) is 9.88. The number of aromatic nitrogens is 5. The van der Waals surface area contributed by atoms with Gasteiger partial charge in [-0.2, -0.15) is 4.98 Å². The zero-order valence-corrected chi connectivity index (χ0v) is 17.7. The average molecular weight is 427 g/mol. The van der Waals surface area contributed by atoms with Crippen LogP contribution in [0.2, 0.25) is 0 Å². The number of carbonyl (C=O) groups excluding carboxylic acids is 1. The van der Waals surface area contributed by atoms with Gasteiger partial charge in [0.25, 0.3) is 0 Å². The molecule has 1 aliphatic rings. The van der Waals surface area contributed by atoms with Gasteiger partial charge in [-0.15, -0.1) is 0 Å². The Hall–Kier alpha value is -4.14. The predicted octanol–water partition coefficient (Wildman–Crippen LogP) is 3.72. The van der Waals surface area contributed by atoms with Gasteiger partial charge in [0.05, 0.1) is 5.69 Å². The van der Waals surface area contributed by atoms with Crippen molar-refractivity contribution < 1.29 is 9.32 Å². The molecule has 0 aliphatic heterocycles. The van der Waals surface area contributed by atoms with E-state index in [0.717, 1.165) is 46.0 Å². The van der Waals surface area contributed by atoms with Crippen LogP contribution in [0.4, 0.5) is 11.6 Å². The number of hydrogen-bond acceptors (Lipinski definition) is 8. The Morgan fingerprint density at radius 2 is 2.06 bits per heavy atom. The van der Waals surface area contributed by atoms with Gasteiger partial charge in [-0.05, 0) is 55.8 Å². The number of amides is 1. The molecule has 32 heavy (non-hydrogen) atoms. The highest BCUT2D eigenvalue weighted by Gasteiger charge is 2.30. The van der Waals surface area contributed by atoms with E-state index in [1.54, 1.807) is 37.7 Å². The van der Waals surface area contributed by atoms with Crippen LogP contribution in [0.3, 0.4) is 0 Å². The largest absolute Gasteiger partial charge is 0.383 e. The van der Waals surface area contributed by atoms with Gasteiger partial charge in [0.15, 0.2) is 5.82 Å². The number of rotatable bonds is 4. The topological polar surface area (TPSA) is 133 Å². The van der Waals surface area contributed by atoms with Crippen LogP contribution < -0.4 is 11.1 Å². The van der Waals surface area contributed by atoms with Gasteiger partial charge >= 0.3 is 0 Å². The van der Waals surface area contributed by atoms with E-state index in [9.17, 15) is 4.79 Å². The highest BCUT2D eigenvalue weighted by molar-refractivity contribution is 6.01. The minimum absolute atomic E-state index is 0.180. The number of anilines is 2. The molecule has 0 spiro atoms. The number of allylic oxidation sites excluding steroid dienone is 1. The number of nitrogens with two attached hydrogens (primary N) is 1. The molecule has 1 saturated carbocycles. The van der Waals surface area contributed by atoms with E-state index >= 15 is 0 Å². The van der Waals surface area contributed by atoms with E-state index in [2.05, 4.69) is 30.4 Å². The first-order valence-corrected chi connectivity index (χ1v) is 10.2. The number of aryl methyl sites for hydroxylation is 2. The van der Waals surface area contributed by atoms with Gasteiger partial charge in [-0.25, -0.2) is 9.97 Å². The molecule has 1 aliphatic carbocycles. The van der Waals surface area contributed by atoms with Gasteiger partial charge in [0, 0.05) is 41.5 Å². The molecule has 1 fully saturated rings. The van der Waals surface area contributed by atoms with Crippen molar-refractivity contribution in [1.29, 1.82) is 0 Å². The first-order chi connectivity index (χ1) is 15.5. The molecule has 160 valence electrons. The summed E-state index contributed by atoms with van der Waals surface area (Å²) in [6.45, 7) is 3.78. The van der Waals surface area contributed by atoms with Crippen molar-refractivity contribution in [3.8, 4) is 11.3 Å². The number of nitrogen functional groups attached to an aromatic ring is 1. The summed E-state index contributed by atoms with van der Waals surface area (Å²) in [6.07, 6.45) is 8.20. The normalized spacial score (nSPS) is 15.4. The van der Waals surface area contributed by atoms with Crippen LogP contribution in [-0.2, 0) is 4.79 Å². The fourth-order valence-corrected chi connectivity index (χ4v) is 3.80. The molecule has 0 bridgehead atoms. The molecule has 0 saturated heterocycles. The Morgan fingerprint density at radius 1 is 1.22 bits per heavy atom. The molecule has 4 aromatic heterocycles. The highest BCUT2D eigenvalue weighted by atomic mass is 16.5. The molecule has 0 atom stereocenters. The minimum atomic E-state index is -0.225. The molecule has 0 unspecified atom stereocenters. The van der Waals surface area contributed by atoms with Crippen LogP contribution in [0.25, 0.3) is 22.0 Å². The van der Waals surface area contributed by atoms with Gasteiger partial charge in [0.1, 0.15) is 11.6 Å². The molecular formula is C23H21N7O2. The lowest BCUT2D eigenvalue weighted by molar-refractivity contribution is -0.112. The summed E-state index contributed by atoms with van der Waals surface area (Å²) in [5.74, 6) is 2.03. The first kappa shape index (κ1) is 19.8. The monoisotopic (exact) mass is 427 g/mol. The van der Waals surface area contributed by atoms with E-state index < -0.39 is 0 Å². The standard InChI is InChI=1S/C23H21N7O2/c1-12-3-4-25-10-17(12)19-8-15-9-20(26-11-18(15)22(24)28-19)29-21(31)7-14-5-16(6-14)23-27-13(2)30-32-23/h3-4,7-11,16H,5-6H2,1-2H3,(H2,24,28)(H,26,29,31). The third kappa shape index (κ3) is 3.80. The number of nitrogens with zero attached hydrogens (tertiary/aromatic N) is 5. The maximum atomic E-state index is 12.5. The second-order valence-corrected chi connectivity index (χ2v) is 7.95. The van der Waals surface area contributed by atoms with Gasteiger partial charge in [-0.1, -0.05) is 10.7 Å². The van der Waals surface area contributed by atoms with Crippen molar-refractivity contribution in [1.82, 2.24) is 25.1 Å². The molecular weight excluding hydrogens is 406 g/mol. The van der Waals surface area contributed by atoms with E-state index in [-0.39, 0.29) is 11.8 Å². The number of nitrogens with one attached hydrogen (secondary N) is 1. The molecule has 5 rings (SSSR count). The van der Waals surface area contributed by atoms with Crippen molar-refractivity contribution in [2.75, 3.05) is 11.1 Å². The Bertz CT molecular complexity index is 1370. The number of hydrogen-bond donors (Lipinski definition) is 2. The van der Waals surface area contributed by atoms with Crippen LogP contribution in [0.5, 0.6) is 0 Å². The Morgan fingerprint density at radius 3 is 2.81 bits per heavy atom. The van der Waals surface area contributed by atoms with Crippen LogP contribution in [0.15, 0.2) is 53.0 Å². The Balaban J connectivity index is 1.33. The lowest BCUT2D eigenvalue weighted by atomic mass is 9.79. The van der Waals surface area contributed by atoms with Crippen LogP contribution >= 0.6 is 0 Å². The van der Waals surface area contributed by atoms with Gasteiger partial charge in [-0.3, -0.25) is 9.78 Å². The second kappa shape index (κ2) is 7.84. The van der Waals surface area contributed by atoms with Crippen molar-refractivity contribution in [3.63, 3.8) is 0 Å². The van der Waals surface area contributed by atoms with Gasteiger partial charge in [0.2, 0.25) is 11.8 Å². The molecule has 9 heteroatoms. The van der Waals surface area contributed by atoms with E-state index in [0.29, 0.717) is 23.4 Å². The number of carbonyl (C=O) groups is 1. The third-order valence-corrected chi connectivity index (χ3v) is 5.56. The smallest absolute Gasteiger partial charge is 0.249 e. The summed E-state index contributed by atoms with van der Waals surface area (Å²) in [7, 11) is 0. The lowest BCUT2D eigenvalue weighted by Gasteiger charge is -2.25. The van der Waals surface area contributed by atoms with E-state index in [1.165, 1.54) is 0 Å². The molecule has 3 N–H and O–H groups in total. The quantitative estimate of drug-likeness (QED) is 0.471. The summed E-state index contributed by atoms with van der Waals surface area (Å²) < 4.78 is 5.20. The molecule has 0 radical (unpaired) electrons. The highest BCUT2D eigenvalue weighted by Crippen LogP contribution is 2.40. The minimum Gasteiger partial charge on any atom is -0.383 e. The fourth-order valence-electron chi connectivity index (χ4n) is 3.80. The van der Waals surface area contributed by atoms with Gasteiger partial charge < -0.3 is 15.6 Å². The summed E-state index contributed by atoms with van der Waals surface area (Å²) in [6, 6.07) is 5.64. The maximum Gasteiger partial charge on any atom is 0.249 e. The maximum absolute atomic E-state index is 12.5. The summed E-state index contributed by atoms with van der Waals surface area (Å²) in [4.78, 5) is 29.7. The summed E-state index contributed by atoms with van der Waals surface area (Å²) in [5, 5.41) is 8.21. The molecule has 4 heterocycles. The lowest BCUT2D eigenvalue weighted by Crippen LogP contribution is -2.17. The molecule has 0 aromatic carbocycles. The van der Waals surface area contributed by atoms with Crippen molar-refractivity contribution in [2.45, 2.75) is 32.6 Å². The van der Waals surface area contributed by atoms with Crippen molar-refractivity contribution in [2.24, 2.45) is 0 Å². The van der Waals surface area contributed by atoms with E-state index in [1.807, 2.05) is 19.1 Å². The number of fused-ring (bicyclic) bond motifs is 1. The average Bonchev–Trinajstić information content (AvgIpc) is 3.16. The van der Waals surface area contributed by atoms with Crippen molar-refractivity contribution >= 4 is 28.3 Å². The van der Waals surface area contributed by atoms with E-state index in [4.69, 9.17) is 10.3 Å². The number of pyridine rings is 3. The summed E-state index contributed by atoms with van der Waals surface area (Å²) >= 11 is 0. The predicted molar refractivity (Wildman–Crippen MR) is 120 cm³/mol. The SMILES string of the molecule is Cc1noc(C2CC(=CC(=O)Nc3cc4cc(-c5cnccc5C)nc(N)c4cn3)C2)n1. The van der Waals surface area contributed by atoms with Crippen molar-refractivity contribution in [3.05, 3.63) is 65.7 Å². The van der Waals surface area contributed by atoms with Crippen LogP contribution in [0.1, 0.15) is 36.0 Å². The van der Waals surface area contributed by atoms with Crippen LogP contribution in [-0.4, -0.2) is 31.0 Å². The van der Waals surface area contributed by atoms with Crippen LogP contribution in [0, 0.1) is 13.8 Å². The second-order valence-electron chi connectivity index (χ2n) is 7.95. The molecule has 4 aromatic rings. The zero-order chi connectivity index (χ0) is 22.2. The Kier molecular flexibility index (Phi) is 4.85. The Labute approximate surface area is 183 Å². The first-order valence-electron chi connectivity index (χ1n) is 10.2.